The number of hydrogen-bond donors (Lipinski definition) is 4. The van der Waals surface area contributed by atoms with Gasteiger partial charge in [-0.15, -0.1) is 0 Å². The van der Waals surface area contributed by atoms with E-state index in [1.165, 1.54) is 34.6 Å². The number of esters is 6. The molecule has 0 amide bonds. The molecule has 0 aromatic carbocycles. The summed E-state index contributed by atoms with van der Waals surface area (Å²) < 4.78 is 32.4. The Hall–Kier alpha value is -6.66. The quantitative estimate of drug-likeness (QED) is 0.0595. The van der Waals surface area contributed by atoms with Crippen molar-refractivity contribution < 1.29 is 121 Å². The molecule has 0 rings (SSSR count). The second-order valence-electron chi connectivity index (χ2n) is 12.4. The molecule has 7 atom stereocenters. The minimum Gasteiger partial charge on any atom is -0.481 e. The fourth-order valence-corrected chi connectivity index (χ4v) is 3.70. The number of ether oxygens (including phenoxy) is 7. The van der Waals surface area contributed by atoms with Crippen molar-refractivity contribution in [2.75, 3.05) is 7.11 Å². The highest BCUT2D eigenvalue weighted by Gasteiger charge is 2.39. The molecule has 0 saturated carbocycles. The number of ketones is 4. The molecule has 0 bridgehead atoms. The van der Waals surface area contributed by atoms with Crippen molar-refractivity contribution in [2.45, 2.75) is 216 Å². The van der Waals surface area contributed by atoms with Gasteiger partial charge in [-0.3, -0.25) is 52.7 Å². The Labute approximate surface area is 426 Å². The van der Waals surface area contributed by atoms with Gasteiger partial charge < -0.3 is 53.6 Å². The summed E-state index contributed by atoms with van der Waals surface area (Å²) in [7, 11) is 1.13. The molecule has 72 heavy (non-hydrogen) atoms. The Morgan fingerprint density at radius 1 is 0.319 bits per heavy atom. The maximum Gasteiger partial charge on any atom is 0.349 e. The third-order valence-electron chi connectivity index (χ3n) is 7.12. The predicted octanol–water partition coefficient (Wildman–Crippen LogP) is 6.06. The third-order valence-corrected chi connectivity index (χ3v) is 7.12. The van der Waals surface area contributed by atoms with Crippen molar-refractivity contribution in [1.82, 2.24) is 0 Å². The predicted molar refractivity (Wildman–Crippen MR) is 264 cm³/mol. The van der Waals surface area contributed by atoms with Gasteiger partial charge in [0.25, 0.3) is 0 Å². The summed E-state index contributed by atoms with van der Waals surface area (Å²) >= 11 is 0. The molecule has 0 spiro atoms. The van der Waals surface area contributed by atoms with E-state index in [-0.39, 0.29) is 97.9 Å². The normalized spacial score (nSPS) is 11.7. The maximum absolute atomic E-state index is 11.3. The van der Waals surface area contributed by atoms with E-state index < -0.39 is 132 Å². The molecule has 0 aliphatic heterocycles. The number of carbonyl (C=O) groups is 14. The third kappa shape index (κ3) is 43.4. The molecule has 0 aromatic rings. The number of hydrogen-bond acceptors (Lipinski definition) is 21. The highest BCUT2D eigenvalue weighted by atomic mass is 16.6. The zero-order valence-corrected chi connectivity index (χ0v) is 37.4. The summed E-state index contributed by atoms with van der Waals surface area (Å²) in [6, 6.07) is 0. The smallest absolute Gasteiger partial charge is 0.349 e. The molecule has 25 nitrogen and oxygen atoms in total. The van der Waals surface area contributed by atoms with E-state index in [9.17, 15) is 67.1 Å². The lowest BCUT2D eigenvalue weighted by Gasteiger charge is -2.21. The first-order valence-electron chi connectivity index (χ1n) is 19.2. The molecule has 0 aromatic heterocycles. The van der Waals surface area contributed by atoms with Crippen LogP contribution in [-0.4, -0.2) is 153 Å². The maximum atomic E-state index is 11.3. The largest absolute Gasteiger partial charge is 0.481 e. The van der Waals surface area contributed by atoms with Crippen LogP contribution in [0.5, 0.6) is 0 Å². The van der Waals surface area contributed by atoms with Crippen molar-refractivity contribution in [2.24, 2.45) is 0 Å². The van der Waals surface area contributed by atoms with Gasteiger partial charge in [-0.1, -0.05) is 101 Å². The van der Waals surface area contributed by atoms with Crippen LogP contribution in [0.4, 0.5) is 0 Å². The van der Waals surface area contributed by atoms with Crippen molar-refractivity contribution in [3.63, 3.8) is 0 Å². The molecule has 25 heteroatoms. The molecule has 7 unspecified atom stereocenters. The molecule has 0 aliphatic rings. The van der Waals surface area contributed by atoms with Crippen LogP contribution in [0, 0.1) is 0 Å². The summed E-state index contributed by atoms with van der Waals surface area (Å²) in [5.41, 5.74) is 0. The zero-order valence-electron chi connectivity index (χ0n) is 37.4. The summed E-state index contributed by atoms with van der Waals surface area (Å²) in [6.07, 6.45) is -11.3. The van der Waals surface area contributed by atoms with E-state index in [1.54, 1.807) is 13.8 Å². The van der Waals surface area contributed by atoms with Gasteiger partial charge in [0.05, 0.1) is 6.42 Å². The van der Waals surface area contributed by atoms with E-state index in [0.717, 1.165) is 27.9 Å². The average molecular weight is 1060 g/mol. The first-order valence-corrected chi connectivity index (χ1v) is 19.2. The lowest BCUT2D eigenvalue weighted by atomic mass is 10.1. The molecule has 0 fully saturated rings. The number of rotatable bonds is 25. The second-order valence-corrected chi connectivity index (χ2v) is 12.4. The van der Waals surface area contributed by atoms with Gasteiger partial charge >= 0.3 is 59.7 Å². The van der Waals surface area contributed by atoms with Crippen molar-refractivity contribution in [1.29, 1.82) is 0 Å². The Morgan fingerprint density at radius 3 is 0.667 bits per heavy atom. The number of carboxylic acids is 4. The van der Waals surface area contributed by atoms with Crippen LogP contribution in [0.1, 0.15) is 174 Å². The highest BCUT2D eigenvalue weighted by Crippen LogP contribution is 2.12. The second kappa shape index (κ2) is 52.2. The lowest BCUT2D eigenvalue weighted by Crippen LogP contribution is -2.44. The molecule has 0 heterocycles. The van der Waals surface area contributed by atoms with E-state index >= 15 is 0 Å². The van der Waals surface area contributed by atoms with Crippen LogP contribution >= 0.6 is 0 Å². The molecular formula is C47H90O25. The van der Waals surface area contributed by atoms with Gasteiger partial charge in [0.1, 0.15) is 0 Å². The summed E-state index contributed by atoms with van der Waals surface area (Å²) in [5, 5.41) is 34.9. The number of aliphatic carboxylic acids is 4. The molecule has 0 aliphatic carbocycles. The summed E-state index contributed by atoms with van der Waals surface area (Å²) in [5.74, 6) is -12.3. The fourth-order valence-electron chi connectivity index (χ4n) is 3.70. The summed E-state index contributed by atoms with van der Waals surface area (Å²) in [6.45, 7) is 13.5. The van der Waals surface area contributed by atoms with Crippen LogP contribution in [0.3, 0.4) is 0 Å². The van der Waals surface area contributed by atoms with Gasteiger partial charge in [0.15, 0.2) is 41.4 Å². The minimum absolute atomic E-state index is 0. The lowest BCUT2D eigenvalue weighted by molar-refractivity contribution is -0.181. The molecular weight excluding hydrogens is 964 g/mol. The van der Waals surface area contributed by atoms with Gasteiger partial charge in [-0.05, 0) is 27.7 Å². The fraction of sp³-hybridized carbons (Fsp3) is 0.702. The zero-order chi connectivity index (χ0) is 51.0. The first-order chi connectivity index (χ1) is 29.6. The summed E-state index contributed by atoms with van der Waals surface area (Å²) in [4.78, 5) is 153. The van der Waals surface area contributed by atoms with E-state index in [4.69, 9.17) is 20.4 Å². The van der Waals surface area contributed by atoms with Crippen molar-refractivity contribution in [3.8, 4) is 0 Å². The highest BCUT2D eigenvalue weighted by molar-refractivity contribution is 5.92. The topological polar surface area (TPSA) is 385 Å². The Balaban J connectivity index is -0.0000000647. The van der Waals surface area contributed by atoms with Gasteiger partial charge in [-0.25, -0.2) is 14.4 Å². The molecule has 0 saturated heterocycles. The van der Waals surface area contributed by atoms with E-state index in [1.807, 2.05) is 0 Å². The van der Waals surface area contributed by atoms with Crippen LogP contribution in [0.15, 0.2) is 0 Å². The molecule has 4 N–H and O–H groups in total. The first kappa shape index (κ1) is 95.1. The van der Waals surface area contributed by atoms with Gasteiger partial charge in [-0.2, -0.15) is 0 Å². The minimum atomic E-state index is -1.81. The monoisotopic (exact) mass is 1050 g/mol. The average Bonchev–Trinajstić information content (AvgIpc) is 3.22. The van der Waals surface area contributed by atoms with Crippen LogP contribution in [-0.2, 0) is 100 Å². The van der Waals surface area contributed by atoms with Crippen molar-refractivity contribution >= 4 is 82.8 Å². The number of carboxylic acid groups (broad SMARTS) is 4. The van der Waals surface area contributed by atoms with Crippen LogP contribution in [0.25, 0.3) is 0 Å². The number of Topliss-reactive ketones (excluding diaryl/α,β-unsaturated/α-hetero) is 4. The molecule has 0 radical (unpaired) electrons. The van der Waals surface area contributed by atoms with Crippen LogP contribution < -0.4 is 0 Å². The van der Waals surface area contributed by atoms with Crippen LogP contribution in [0.2, 0.25) is 0 Å². The Kier molecular flexibility index (Phi) is 68.9. The van der Waals surface area contributed by atoms with E-state index in [2.05, 4.69) is 33.2 Å². The number of carbonyl (C=O) groups excluding carboxylic acids is 10. The number of methoxy groups -OCH3 is 1. The standard InChI is InChI=1S/2C11H16O7.C9H14O6.C8H12O5.8CH4/c2*1-4-7(13)17-9(6(3)12)10(11(15)16)18-8(14)5-2;1-4-6(11)15-7(5(2)10)8(14-3)9(12)13;1-3-8(12)13-6(5(2)9)4-7(10)11;;;;;;;;/h2*9-10H,4-5H2,1-3H3,(H,15,16);7-8H,4H2,1-3H3,(H,12,13);6H,3-4H2,1-2H3,(H,10,11);8*1H4. The van der Waals surface area contributed by atoms with Gasteiger partial charge in [0, 0.05) is 45.6 Å². The van der Waals surface area contributed by atoms with Crippen molar-refractivity contribution in [3.05, 3.63) is 0 Å². The van der Waals surface area contributed by atoms with Gasteiger partial charge in [0.2, 0.25) is 24.4 Å². The SMILES string of the molecule is C.C.C.C.C.C.C.C.CCC(=O)OC(C(C)=O)C(OC(=O)CC)C(=O)O.CCC(=O)OC(C(C)=O)C(OC(=O)CC)C(=O)O.CCC(=O)OC(C(C)=O)C(OC)C(=O)O.CCC(=O)OC(CC(=O)O)C(C)=O. The van der Waals surface area contributed by atoms with E-state index in [0.29, 0.717) is 0 Å². The Bertz CT molecular complexity index is 1520. The molecule has 428 valence electrons. The Morgan fingerprint density at radius 2 is 0.514 bits per heavy atom.